The number of benzene rings is 8. The number of para-hydroxylation sites is 2. The predicted molar refractivity (Wildman–Crippen MR) is 197 cm³/mol. The first kappa shape index (κ1) is 27.1. The van der Waals surface area contributed by atoms with E-state index in [0.717, 1.165) is 44.9 Å². The van der Waals surface area contributed by atoms with Gasteiger partial charge in [-0.05, 0) is 100 Å². The summed E-state index contributed by atoms with van der Waals surface area (Å²) in [6.07, 6.45) is 4.43. The molecular weight excluding hydrogens is 575 g/mol. The second-order valence-corrected chi connectivity index (χ2v) is 12.0. The first-order chi connectivity index (χ1) is 23.2. The van der Waals surface area contributed by atoms with Crippen LogP contribution >= 0.6 is 0 Å². The van der Waals surface area contributed by atoms with Crippen molar-refractivity contribution in [2.75, 3.05) is 4.90 Å². The summed E-state index contributed by atoms with van der Waals surface area (Å²) < 4.78 is 16.2. The summed E-state index contributed by atoms with van der Waals surface area (Å²) >= 11 is 0. The number of hydrogen-bond acceptors (Lipinski definition) is 1. The van der Waals surface area contributed by atoms with Gasteiger partial charge in [-0.1, -0.05) is 103 Å². The third kappa shape index (κ3) is 4.55. The lowest BCUT2D eigenvalue weighted by molar-refractivity contribution is 0.627. The van der Waals surface area contributed by atoms with Gasteiger partial charge < -0.3 is 9.47 Å². The number of anilines is 3. The molecule has 9 rings (SSSR count). The van der Waals surface area contributed by atoms with E-state index in [1.54, 1.807) is 0 Å². The lowest BCUT2D eigenvalue weighted by atomic mass is 9.98. The third-order valence-corrected chi connectivity index (χ3v) is 9.16. The number of rotatable bonds is 6. The number of fused-ring (bicyclic) bond motifs is 1. The summed E-state index contributed by atoms with van der Waals surface area (Å²) in [5.74, 6) is -0.237. The summed E-state index contributed by atoms with van der Waals surface area (Å²) in [6, 6.07) is 56.3. The van der Waals surface area contributed by atoms with Crippen LogP contribution in [0.1, 0.15) is 11.1 Å². The molecule has 0 aliphatic heterocycles. The Morgan fingerprint density at radius 1 is 0.489 bits per heavy atom. The van der Waals surface area contributed by atoms with Crippen molar-refractivity contribution >= 4 is 72.6 Å². The highest BCUT2D eigenvalue weighted by Gasteiger charge is 2.18. The standard InChI is InChI=1S/C44H29FN2/c45-34-23-25-37(26-24-34)47-41-17-9-10-32-20-21-33-28-30(29-42(47)44(33)43(32)41)18-19-31-22-27-40(39-16-8-7-15-38(31)39)46(35-11-3-1-4-12-35)36-13-5-2-6-14-36/h1-29H/b19-18+. The van der Waals surface area contributed by atoms with E-state index in [1.165, 1.54) is 44.5 Å². The van der Waals surface area contributed by atoms with Crippen molar-refractivity contribution in [2.24, 2.45) is 0 Å². The summed E-state index contributed by atoms with van der Waals surface area (Å²) in [4.78, 5) is 2.32. The molecule has 0 saturated carbocycles. The van der Waals surface area contributed by atoms with Crippen LogP contribution in [0.2, 0.25) is 0 Å². The van der Waals surface area contributed by atoms with E-state index in [2.05, 4.69) is 161 Å². The second kappa shape index (κ2) is 11.0. The molecule has 0 radical (unpaired) electrons. The Morgan fingerprint density at radius 2 is 1.15 bits per heavy atom. The van der Waals surface area contributed by atoms with E-state index in [1.807, 2.05) is 12.1 Å². The highest BCUT2D eigenvalue weighted by Crippen LogP contribution is 2.41. The molecule has 3 heteroatoms. The minimum atomic E-state index is -0.237. The molecule has 0 N–H and O–H groups in total. The zero-order chi connectivity index (χ0) is 31.3. The number of aromatic nitrogens is 1. The van der Waals surface area contributed by atoms with Crippen LogP contribution in [-0.4, -0.2) is 4.57 Å². The zero-order valence-corrected chi connectivity index (χ0v) is 25.5. The van der Waals surface area contributed by atoms with Crippen molar-refractivity contribution in [1.82, 2.24) is 4.57 Å². The minimum absolute atomic E-state index is 0.237. The highest BCUT2D eigenvalue weighted by atomic mass is 19.1. The summed E-state index contributed by atoms with van der Waals surface area (Å²) in [6.45, 7) is 0. The molecule has 0 aliphatic rings. The Balaban J connectivity index is 1.19. The molecule has 8 aromatic carbocycles. The van der Waals surface area contributed by atoms with Crippen molar-refractivity contribution < 1.29 is 4.39 Å². The minimum Gasteiger partial charge on any atom is -0.310 e. The van der Waals surface area contributed by atoms with Crippen LogP contribution in [0.5, 0.6) is 0 Å². The van der Waals surface area contributed by atoms with Crippen molar-refractivity contribution in [3.63, 3.8) is 0 Å². The van der Waals surface area contributed by atoms with Gasteiger partial charge in [-0.3, -0.25) is 0 Å². The molecule has 222 valence electrons. The van der Waals surface area contributed by atoms with Gasteiger partial charge >= 0.3 is 0 Å². The number of halogens is 1. The van der Waals surface area contributed by atoms with E-state index in [0.29, 0.717) is 0 Å². The van der Waals surface area contributed by atoms with Gasteiger partial charge in [-0.25, -0.2) is 4.39 Å². The van der Waals surface area contributed by atoms with E-state index >= 15 is 0 Å². The molecule has 0 saturated heterocycles. The Bertz CT molecular complexity index is 2520. The zero-order valence-electron chi connectivity index (χ0n) is 25.5. The van der Waals surface area contributed by atoms with Gasteiger partial charge in [0.15, 0.2) is 0 Å². The van der Waals surface area contributed by atoms with Gasteiger partial charge in [0.25, 0.3) is 0 Å². The molecule has 0 unspecified atom stereocenters. The summed E-state index contributed by atoms with van der Waals surface area (Å²) in [7, 11) is 0. The molecule has 0 aliphatic carbocycles. The highest BCUT2D eigenvalue weighted by molar-refractivity contribution is 6.24. The molecule has 0 amide bonds. The topological polar surface area (TPSA) is 8.17 Å². The number of hydrogen-bond donors (Lipinski definition) is 0. The molecule has 0 atom stereocenters. The smallest absolute Gasteiger partial charge is 0.123 e. The fraction of sp³-hybridized carbons (Fsp3) is 0. The van der Waals surface area contributed by atoms with Crippen LogP contribution in [0.25, 0.3) is 61.2 Å². The third-order valence-electron chi connectivity index (χ3n) is 9.16. The number of nitrogens with zero attached hydrogens (tertiary/aromatic N) is 2. The lowest BCUT2D eigenvalue weighted by Crippen LogP contribution is -2.10. The SMILES string of the molecule is Fc1ccc(-n2c3cccc4ccc5cc(/C=C/c6ccc(N(c7ccccc7)c7ccccc7)c7ccccc67)cc2c5c43)cc1. The van der Waals surface area contributed by atoms with E-state index in [4.69, 9.17) is 0 Å². The van der Waals surface area contributed by atoms with Gasteiger partial charge in [-0.2, -0.15) is 0 Å². The first-order valence-electron chi connectivity index (χ1n) is 15.9. The van der Waals surface area contributed by atoms with Crippen LogP contribution in [0.4, 0.5) is 21.5 Å². The summed E-state index contributed by atoms with van der Waals surface area (Å²) in [5.41, 5.74) is 8.79. The van der Waals surface area contributed by atoms with E-state index in [9.17, 15) is 4.39 Å². The molecule has 0 fully saturated rings. The molecule has 47 heavy (non-hydrogen) atoms. The second-order valence-electron chi connectivity index (χ2n) is 12.0. The quantitative estimate of drug-likeness (QED) is 0.135. The Morgan fingerprint density at radius 3 is 1.89 bits per heavy atom. The average molecular weight is 605 g/mol. The van der Waals surface area contributed by atoms with E-state index in [-0.39, 0.29) is 5.82 Å². The lowest BCUT2D eigenvalue weighted by Gasteiger charge is -2.27. The van der Waals surface area contributed by atoms with Crippen LogP contribution in [0.15, 0.2) is 164 Å². The van der Waals surface area contributed by atoms with Crippen molar-refractivity contribution in [3.8, 4) is 5.69 Å². The Hall–Kier alpha value is -6.19. The monoisotopic (exact) mass is 604 g/mol. The predicted octanol–water partition coefficient (Wildman–Crippen LogP) is 12.3. The molecule has 1 heterocycles. The van der Waals surface area contributed by atoms with Gasteiger partial charge in [0.1, 0.15) is 5.82 Å². The molecule has 1 aromatic heterocycles. The van der Waals surface area contributed by atoms with Gasteiger partial charge in [-0.15, -0.1) is 0 Å². The van der Waals surface area contributed by atoms with E-state index < -0.39 is 0 Å². The van der Waals surface area contributed by atoms with Gasteiger partial charge in [0.05, 0.1) is 16.7 Å². The maximum absolute atomic E-state index is 13.9. The molecular formula is C44H29FN2. The Labute approximate surface area is 272 Å². The Kier molecular flexibility index (Phi) is 6.36. The fourth-order valence-corrected chi connectivity index (χ4v) is 7.09. The maximum Gasteiger partial charge on any atom is 0.123 e. The average Bonchev–Trinajstić information content (AvgIpc) is 3.46. The van der Waals surface area contributed by atoms with Crippen LogP contribution in [0.3, 0.4) is 0 Å². The van der Waals surface area contributed by atoms with Gasteiger partial charge in [0, 0.05) is 33.2 Å². The first-order valence-corrected chi connectivity index (χ1v) is 15.9. The summed E-state index contributed by atoms with van der Waals surface area (Å²) in [5, 5.41) is 7.23. The van der Waals surface area contributed by atoms with Crippen molar-refractivity contribution in [2.45, 2.75) is 0 Å². The molecule has 2 nitrogen and oxygen atoms in total. The van der Waals surface area contributed by atoms with Crippen LogP contribution in [0, 0.1) is 5.82 Å². The maximum atomic E-state index is 13.9. The van der Waals surface area contributed by atoms with Crippen molar-refractivity contribution in [3.05, 3.63) is 181 Å². The normalized spacial score (nSPS) is 11.9. The molecule has 9 aromatic rings. The fourth-order valence-electron chi connectivity index (χ4n) is 7.09. The van der Waals surface area contributed by atoms with Crippen molar-refractivity contribution in [1.29, 1.82) is 0 Å². The van der Waals surface area contributed by atoms with Gasteiger partial charge in [0.2, 0.25) is 0 Å². The molecule has 0 spiro atoms. The largest absolute Gasteiger partial charge is 0.310 e. The molecule has 0 bridgehead atoms. The van der Waals surface area contributed by atoms with Crippen LogP contribution in [-0.2, 0) is 0 Å². The van der Waals surface area contributed by atoms with Crippen LogP contribution < -0.4 is 4.90 Å².